The van der Waals surface area contributed by atoms with Crippen molar-refractivity contribution in [2.75, 3.05) is 18.6 Å². The molecular formula is C17H18N2O3. The highest BCUT2D eigenvalue weighted by Gasteiger charge is 2.21. The zero-order valence-electron chi connectivity index (χ0n) is 12.7. The summed E-state index contributed by atoms with van der Waals surface area (Å²) in [5.41, 5.74) is 2.06. The van der Waals surface area contributed by atoms with Crippen molar-refractivity contribution in [3.05, 3.63) is 59.9 Å². The lowest BCUT2D eigenvalue weighted by Crippen LogP contribution is -2.34. The van der Waals surface area contributed by atoms with E-state index in [1.807, 2.05) is 31.2 Å². The Labute approximate surface area is 129 Å². The Bertz CT molecular complexity index is 656. The maximum atomic E-state index is 12.7. The fourth-order valence-electron chi connectivity index (χ4n) is 2.13. The van der Waals surface area contributed by atoms with Crippen molar-refractivity contribution in [2.45, 2.75) is 13.3 Å². The Hall–Kier alpha value is -2.69. The van der Waals surface area contributed by atoms with Crippen molar-refractivity contribution in [1.82, 2.24) is 4.98 Å². The molecule has 0 fully saturated rings. The average molecular weight is 298 g/mol. The third-order valence-electron chi connectivity index (χ3n) is 3.30. The van der Waals surface area contributed by atoms with Crippen LogP contribution in [0.25, 0.3) is 0 Å². The maximum absolute atomic E-state index is 12.7. The molecule has 2 aromatic rings. The zero-order chi connectivity index (χ0) is 15.9. The number of carbonyl (C=O) groups excluding carboxylic acids is 2. The molecule has 0 radical (unpaired) electrons. The molecule has 0 unspecified atom stereocenters. The summed E-state index contributed by atoms with van der Waals surface area (Å²) in [7, 11) is 1.33. The molecule has 0 saturated carbocycles. The summed E-state index contributed by atoms with van der Waals surface area (Å²) >= 11 is 0. The molecule has 1 aromatic carbocycles. The van der Waals surface area contributed by atoms with E-state index in [1.165, 1.54) is 7.11 Å². The van der Waals surface area contributed by atoms with Crippen LogP contribution < -0.4 is 4.90 Å². The molecule has 1 heterocycles. The minimum atomic E-state index is -0.354. The fraction of sp³-hybridized carbons (Fsp3) is 0.235. The summed E-state index contributed by atoms with van der Waals surface area (Å²) < 4.78 is 4.66. The number of benzene rings is 1. The number of anilines is 1. The Morgan fingerprint density at radius 2 is 1.86 bits per heavy atom. The van der Waals surface area contributed by atoms with Gasteiger partial charge in [0.05, 0.1) is 13.5 Å². The normalized spacial score (nSPS) is 10.1. The highest BCUT2D eigenvalue weighted by atomic mass is 16.5. The molecule has 0 saturated heterocycles. The third-order valence-corrected chi connectivity index (χ3v) is 3.30. The van der Waals surface area contributed by atoms with Gasteiger partial charge in [-0.1, -0.05) is 24.3 Å². The standard InChI is InChI=1S/C17H18N2O3/c1-13-7-3-4-9-15(13)19(12-10-16(20)22-2)17(21)14-8-5-6-11-18-14/h3-9,11H,10,12H2,1-2H3. The van der Waals surface area contributed by atoms with Crippen molar-refractivity contribution in [3.63, 3.8) is 0 Å². The summed E-state index contributed by atoms with van der Waals surface area (Å²) in [4.78, 5) is 29.8. The van der Waals surface area contributed by atoms with Gasteiger partial charge in [-0.3, -0.25) is 14.6 Å². The van der Waals surface area contributed by atoms with Gasteiger partial charge in [-0.15, -0.1) is 0 Å². The number of carbonyl (C=O) groups is 2. The predicted molar refractivity (Wildman–Crippen MR) is 83.7 cm³/mol. The second kappa shape index (κ2) is 7.36. The number of methoxy groups -OCH3 is 1. The molecular weight excluding hydrogens is 280 g/mol. The highest BCUT2D eigenvalue weighted by molar-refractivity contribution is 6.05. The molecule has 1 amide bonds. The van der Waals surface area contributed by atoms with Crippen LogP contribution in [0.2, 0.25) is 0 Å². The van der Waals surface area contributed by atoms with E-state index in [-0.39, 0.29) is 24.8 Å². The van der Waals surface area contributed by atoms with E-state index < -0.39 is 0 Å². The Balaban J connectivity index is 2.31. The lowest BCUT2D eigenvalue weighted by Gasteiger charge is -2.23. The molecule has 5 nitrogen and oxygen atoms in total. The van der Waals surface area contributed by atoms with Crippen LogP contribution in [0.5, 0.6) is 0 Å². The first-order valence-corrected chi connectivity index (χ1v) is 6.99. The van der Waals surface area contributed by atoms with E-state index in [9.17, 15) is 9.59 Å². The van der Waals surface area contributed by atoms with E-state index in [0.29, 0.717) is 5.69 Å². The van der Waals surface area contributed by atoms with Gasteiger partial charge in [0.2, 0.25) is 0 Å². The van der Waals surface area contributed by atoms with Crippen molar-refractivity contribution < 1.29 is 14.3 Å². The molecule has 0 aliphatic rings. The Morgan fingerprint density at radius 1 is 1.14 bits per heavy atom. The second-order valence-corrected chi connectivity index (χ2v) is 4.78. The van der Waals surface area contributed by atoms with E-state index >= 15 is 0 Å². The lowest BCUT2D eigenvalue weighted by molar-refractivity contribution is -0.140. The van der Waals surface area contributed by atoms with Gasteiger partial charge in [0.15, 0.2) is 0 Å². The average Bonchev–Trinajstić information content (AvgIpc) is 2.56. The van der Waals surface area contributed by atoms with Crippen LogP contribution in [0.15, 0.2) is 48.7 Å². The highest BCUT2D eigenvalue weighted by Crippen LogP contribution is 2.21. The Morgan fingerprint density at radius 3 is 2.50 bits per heavy atom. The van der Waals surface area contributed by atoms with E-state index in [2.05, 4.69) is 9.72 Å². The third kappa shape index (κ3) is 3.69. The molecule has 0 aliphatic carbocycles. The van der Waals surface area contributed by atoms with Gasteiger partial charge >= 0.3 is 5.97 Å². The van der Waals surface area contributed by atoms with E-state index in [1.54, 1.807) is 29.3 Å². The first kappa shape index (κ1) is 15.7. The van der Waals surface area contributed by atoms with Gasteiger partial charge in [-0.2, -0.15) is 0 Å². The zero-order valence-corrected chi connectivity index (χ0v) is 12.7. The number of aromatic nitrogens is 1. The summed E-state index contributed by atoms with van der Waals surface area (Å²) in [5, 5.41) is 0. The number of esters is 1. The van der Waals surface area contributed by atoms with Crippen LogP contribution in [0.4, 0.5) is 5.69 Å². The van der Waals surface area contributed by atoms with Crippen LogP contribution in [0, 0.1) is 6.92 Å². The van der Waals surface area contributed by atoms with Crippen molar-refractivity contribution in [3.8, 4) is 0 Å². The van der Waals surface area contributed by atoms with Crippen LogP contribution >= 0.6 is 0 Å². The summed E-state index contributed by atoms with van der Waals surface area (Å²) in [5.74, 6) is -0.591. The number of amides is 1. The smallest absolute Gasteiger partial charge is 0.307 e. The largest absolute Gasteiger partial charge is 0.469 e. The summed E-state index contributed by atoms with van der Waals surface area (Å²) in [6.45, 7) is 2.17. The number of para-hydroxylation sites is 1. The van der Waals surface area contributed by atoms with Crippen LogP contribution in [0.3, 0.4) is 0 Å². The van der Waals surface area contributed by atoms with Crippen LogP contribution in [-0.4, -0.2) is 30.5 Å². The van der Waals surface area contributed by atoms with Crippen LogP contribution in [-0.2, 0) is 9.53 Å². The van der Waals surface area contributed by atoms with Crippen molar-refractivity contribution in [2.24, 2.45) is 0 Å². The number of pyridine rings is 1. The molecule has 0 N–H and O–H groups in total. The quantitative estimate of drug-likeness (QED) is 0.796. The SMILES string of the molecule is COC(=O)CCN(C(=O)c1ccccn1)c1ccccc1C. The topological polar surface area (TPSA) is 59.5 Å². The van der Waals surface area contributed by atoms with E-state index in [0.717, 1.165) is 11.3 Å². The van der Waals surface area contributed by atoms with E-state index in [4.69, 9.17) is 0 Å². The molecule has 0 bridgehead atoms. The minimum absolute atomic E-state index is 0.128. The maximum Gasteiger partial charge on any atom is 0.307 e. The van der Waals surface area contributed by atoms with Gasteiger partial charge in [0.25, 0.3) is 5.91 Å². The number of ether oxygens (including phenoxy) is 1. The fourth-order valence-corrected chi connectivity index (χ4v) is 2.13. The van der Waals surface area contributed by atoms with Gasteiger partial charge in [-0.25, -0.2) is 0 Å². The van der Waals surface area contributed by atoms with Crippen molar-refractivity contribution >= 4 is 17.6 Å². The number of hydrogen-bond acceptors (Lipinski definition) is 4. The Kier molecular flexibility index (Phi) is 5.25. The van der Waals surface area contributed by atoms with Crippen LogP contribution in [0.1, 0.15) is 22.5 Å². The predicted octanol–water partition coefficient (Wildman–Crippen LogP) is 2.60. The molecule has 5 heteroatoms. The van der Waals surface area contributed by atoms with Gasteiger partial charge in [0, 0.05) is 18.4 Å². The molecule has 0 aliphatic heterocycles. The molecule has 0 atom stereocenters. The molecule has 2 rings (SSSR count). The number of hydrogen-bond donors (Lipinski definition) is 0. The van der Waals surface area contributed by atoms with Gasteiger partial charge in [-0.05, 0) is 30.7 Å². The number of rotatable bonds is 5. The molecule has 114 valence electrons. The van der Waals surface area contributed by atoms with Gasteiger partial charge in [0.1, 0.15) is 5.69 Å². The monoisotopic (exact) mass is 298 g/mol. The summed E-state index contributed by atoms with van der Waals surface area (Å²) in [6, 6.07) is 12.7. The molecule has 0 spiro atoms. The number of nitrogens with zero attached hydrogens (tertiary/aromatic N) is 2. The van der Waals surface area contributed by atoms with Crippen molar-refractivity contribution in [1.29, 1.82) is 0 Å². The second-order valence-electron chi connectivity index (χ2n) is 4.78. The summed E-state index contributed by atoms with van der Waals surface area (Å²) in [6.07, 6.45) is 1.70. The van der Waals surface area contributed by atoms with Gasteiger partial charge < -0.3 is 9.64 Å². The first-order chi connectivity index (χ1) is 10.6. The first-order valence-electron chi connectivity index (χ1n) is 6.99. The lowest BCUT2D eigenvalue weighted by atomic mass is 10.1. The molecule has 22 heavy (non-hydrogen) atoms. The molecule has 1 aromatic heterocycles. The minimum Gasteiger partial charge on any atom is -0.469 e. The number of aryl methyl sites for hydroxylation is 1.